The van der Waals surface area contributed by atoms with Crippen LogP contribution in [0, 0.1) is 0 Å². The lowest BCUT2D eigenvalue weighted by Crippen LogP contribution is -2.36. The fraction of sp³-hybridized carbons (Fsp3) is 0.136. The Morgan fingerprint density at radius 2 is 1.75 bits per heavy atom. The second-order valence-corrected chi connectivity index (χ2v) is 6.27. The number of pyridine rings is 1. The van der Waals surface area contributed by atoms with Crippen LogP contribution in [0.1, 0.15) is 11.4 Å². The summed E-state index contributed by atoms with van der Waals surface area (Å²) in [5.74, 6) is 1.29. The second kappa shape index (κ2) is 8.35. The topological polar surface area (TPSA) is 75.3 Å². The van der Waals surface area contributed by atoms with E-state index in [0.29, 0.717) is 24.9 Å². The van der Waals surface area contributed by atoms with Crippen molar-refractivity contribution in [1.82, 2.24) is 20.6 Å². The van der Waals surface area contributed by atoms with Gasteiger partial charge in [-0.3, -0.25) is 9.98 Å². The van der Waals surface area contributed by atoms with Crippen LogP contribution in [0.15, 0.2) is 82.5 Å². The van der Waals surface area contributed by atoms with Crippen molar-refractivity contribution >= 4 is 16.7 Å². The quantitative estimate of drug-likeness (QED) is 0.413. The number of hydrogen-bond acceptors (Lipinski definition) is 4. The number of benzene rings is 2. The van der Waals surface area contributed by atoms with E-state index in [-0.39, 0.29) is 0 Å². The van der Waals surface area contributed by atoms with Crippen molar-refractivity contribution < 1.29 is 4.42 Å². The Morgan fingerprint density at radius 1 is 0.964 bits per heavy atom. The van der Waals surface area contributed by atoms with Crippen LogP contribution in [-0.4, -0.2) is 23.0 Å². The second-order valence-electron chi connectivity index (χ2n) is 6.27. The van der Waals surface area contributed by atoms with Crippen LogP contribution in [0.25, 0.3) is 22.2 Å². The molecule has 2 aromatic heterocycles. The first-order chi connectivity index (χ1) is 13.8. The normalized spacial score (nSPS) is 11.5. The van der Waals surface area contributed by atoms with Crippen molar-refractivity contribution in [2.24, 2.45) is 4.99 Å². The molecule has 6 heteroatoms. The standard InChI is InChI=1S/C22H21N5O/c1-23-22(26-14-20-19-10-6-5-7-16(19)11-12-24-20)25-13-18-15-28-21(27-18)17-8-3-2-4-9-17/h2-12,15H,13-14H2,1H3,(H2,23,25,26). The average Bonchev–Trinajstić information content (AvgIpc) is 3.24. The zero-order chi connectivity index (χ0) is 19.2. The molecule has 0 atom stereocenters. The van der Waals surface area contributed by atoms with Crippen molar-refractivity contribution in [3.05, 3.63) is 84.5 Å². The summed E-state index contributed by atoms with van der Waals surface area (Å²) in [6, 6.07) is 20.1. The van der Waals surface area contributed by atoms with Crippen LogP contribution in [0.4, 0.5) is 0 Å². The number of oxazole rings is 1. The Morgan fingerprint density at radius 3 is 2.61 bits per heavy atom. The molecule has 4 aromatic rings. The van der Waals surface area contributed by atoms with E-state index in [2.05, 4.69) is 37.7 Å². The molecule has 140 valence electrons. The number of guanidine groups is 1. The highest BCUT2D eigenvalue weighted by atomic mass is 16.3. The minimum Gasteiger partial charge on any atom is -0.444 e. The van der Waals surface area contributed by atoms with Gasteiger partial charge in [-0.05, 0) is 23.6 Å². The number of fused-ring (bicyclic) bond motifs is 1. The summed E-state index contributed by atoms with van der Waals surface area (Å²) in [6.45, 7) is 1.09. The van der Waals surface area contributed by atoms with Gasteiger partial charge in [0.2, 0.25) is 5.89 Å². The summed E-state index contributed by atoms with van der Waals surface area (Å²) in [5, 5.41) is 8.87. The number of aromatic nitrogens is 2. The van der Waals surface area contributed by atoms with Gasteiger partial charge in [0.15, 0.2) is 5.96 Å². The third kappa shape index (κ3) is 4.01. The zero-order valence-corrected chi connectivity index (χ0v) is 15.6. The van der Waals surface area contributed by atoms with E-state index in [4.69, 9.17) is 4.42 Å². The molecule has 0 aliphatic rings. The largest absolute Gasteiger partial charge is 0.444 e. The van der Waals surface area contributed by atoms with Crippen LogP contribution in [-0.2, 0) is 13.1 Å². The van der Waals surface area contributed by atoms with E-state index in [1.807, 2.05) is 54.7 Å². The van der Waals surface area contributed by atoms with E-state index >= 15 is 0 Å². The smallest absolute Gasteiger partial charge is 0.226 e. The maximum atomic E-state index is 5.57. The van der Waals surface area contributed by atoms with Crippen LogP contribution in [0.5, 0.6) is 0 Å². The Bertz CT molecular complexity index is 1080. The highest BCUT2D eigenvalue weighted by Gasteiger charge is 2.08. The first-order valence-corrected chi connectivity index (χ1v) is 9.10. The molecule has 0 aliphatic heterocycles. The molecule has 6 nitrogen and oxygen atoms in total. The predicted octanol–water partition coefficient (Wildman–Crippen LogP) is 3.76. The number of aliphatic imine (C=N–C) groups is 1. The van der Waals surface area contributed by atoms with Crippen LogP contribution >= 0.6 is 0 Å². The molecule has 2 aromatic carbocycles. The van der Waals surface area contributed by atoms with Gasteiger partial charge in [-0.1, -0.05) is 42.5 Å². The molecule has 28 heavy (non-hydrogen) atoms. The van der Waals surface area contributed by atoms with Gasteiger partial charge >= 0.3 is 0 Å². The van der Waals surface area contributed by atoms with Gasteiger partial charge in [-0.2, -0.15) is 0 Å². The lowest BCUT2D eigenvalue weighted by Gasteiger charge is -2.11. The Labute approximate surface area is 163 Å². The van der Waals surface area contributed by atoms with Crippen molar-refractivity contribution in [2.45, 2.75) is 13.1 Å². The molecule has 0 bridgehead atoms. The summed E-state index contributed by atoms with van der Waals surface area (Å²) in [5.41, 5.74) is 2.75. The Hall–Kier alpha value is -3.67. The Balaban J connectivity index is 1.37. The summed E-state index contributed by atoms with van der Waals surface area (Å²) >= 11 is 0. The third-order valence-corrected chi connectivity index (χ3v) is 4.41. The molecule has 0 saturated carbocycles. The van der Waals surface area contributed by atoms with Gasteiger partial charge in [0, 0.05) is 24.2 Å². The fourth-order valence-electron chi connectivity index (χ4n) is 2.99. The Kier molecular flexibility index (Phi) is 5.29. The molecular formula is C22H21N5O. The molecule has 0 amide bonds. The molecule has 4 rings (SSSR count). The number of nitrogens with one attached hydrogen (secondary N) is 2. The molecule has 0 fully saturated rings. The summed E-state index contributed by atoms with van der Waals surface area (Å²) in [6.07, 6.45) is 3.49. The molecule has 0 spiro atoms. The fourth-order valence-corrected chi connectivity index (χ4v) is 2.99. The van der Waals surface area contributed by atoms with Gasteiger partial charge < -0.3 is 15.1 Å². The molecule has 2 N–H and O–H groups in total. The van der Waals surface area contributed by atoms with Crippen molar-refractivity contribution in [1.29, 1.82) is 0 Å². The van der Waals surface area contributed by atoms with Crippen molar-refractivity contribution in [3.8, 4) is 11.5 Å². The molecule has 0 saturated heterocycles. The molecule has 0 radical (unpaired) electrons. The lowest BCUT2D eigenvalue weighted by atomic mass is 10.1. The molecule has 2 heterocycles. The monoisotopic (exact) mass is 371 g/mol. The predicted molar refractivity (Wildman–Crippen MR) is 111 cm³/mol. The maximum Gasteiger partial charge on any atom is 0.226 e. The van der Waals surface area contributed by atoms with Gasteiger partial charge in [0.25, 0.3) is 0 Å². The number of nitrogens with zero attached hydrogens (tertiary/aromatic N) is 3. The summed E-state index contributed by atoms with van der Waals surface area (Å²) in [7, 11) is 1.74. The van der Waals surface area contributed by atoms with Crippen molar-refractivity contribution in [2.75, 3.05) is 7.05 Å². The average molecular weight is 371 g/mol. The highest BCUT2D eigenvalue weighted by molar-refractivity contribution is 5.85. The number of hydrogen-bond donors (Lipinski definition) is 2. The van der Waals surface area contributed by atoms with E-state index in [9.17, 15) is 0 Å². The lowest BCUT2D eigenvalue weighted by molar-refractivity contribution is 0.572. The van der Waals surface area contributed by atoms with Gasteiger partial charge in [-0.15, -0.1) is 0 Å². The van der Waals surface area contributed by atoms with E-state index in [1.165, 1.54) is 5.39 Å². The summed E-state index contributed by atoms with van der Waals surface area (Å²) in [4.78, 5) is 13.3. The number of rotatable bonds is 5. The van der Waals surface area contributed by atoms with Crippen molar-refractivity contribution in [3.63, 3.8) is 0 Å². The van der Waals surface area contributed by atoms with E-state index < -0.39 is 0 Å². The highest BCUT2D eigenvalue weighted by Crippen LogP contribution is 2.18. The van der Waals surface area contributed by atoms with Crippen LogP contribution < -0.4 is 10.6 Å². The van der Waals surface area contributed by atoms with E-state index in [0.717, 1.165) is 22.3 Å². The van der Waals surface area contributed by atoms with Gasteiger partial charge in [0.1, 0.15) is 6.26 Å². The molecular weight excluding hydrogens is 350 g/mol. The molecule has 0 unspecified atom stereocenters. The first-order valence-electron chi connectivity index (χ1n) is 9.10. The minimum absolute atomic E-state index is 0.513. The first kappa shape index (κ1) is 17.7. The third-order valence-electron chi connectivity index (χ3n) is 4.41. The minimum atomic E-state index is 0.513. The van der Waals surface area contributed by atoms with Crippen LogP contribution in [0.2, 0.25) is 0 Å². The zero-order valence-electron chi connectivity index (χ0n) is 15.6. The van der Waals surface area contributed by atoms with Gasteiger partial charge in [0.05, 0.1) is 24.5 Å². The van der Waals surface area contributed by atoms with Gasteiger partial charge in [-0.25, -0.2) is 4.98 Å². The summed E-state index contributed by atoms with van der Waals surface area (Å²) < 4.78 is 5.57. The van der Waals surface area contributed by atoms with E-state index in [1.54, 1.807) is 13.3 Å². The SMILES string of the molecule is CN=C(NCc1coc(-c2ccccc2)n1)NCc1nccc2ccccc12. The van der Waals surface area contributed by atoms with Crippen LogP contribution in [0.3, 0.4) is 0 Å². The molecule has 0 aliphatic carbocycles. The maximum absolute atomic E-state index is 5.57.